The molecule has 0 aliphatic rings. The number of hydrogen-bond donors (Lipinski definition) is 1. The van der Waals surface area contributed by atoms with Crippen LogP contribution in [0.3, 0.4) is 0 Å². The molecule has 0 aliphatic heterocycles. The number of nitrogens with two attached hydrogens (primary N) is 1. The van der Waals surface area contributed by atoms with Crippen molar-refractivity contribution in [2.45, 2.75) is 6.18 Å². The molecule has 0 saturated heterocycles. The van der Waals surface area contributed by atoms with E-state index in [0.29, 0.717) is 6.07 Å². The highest BCUT2D eigenvalue weighted by atomic mass is 19.4. The Hall–Kier alpha value is -1.89. The van der Waals surface area contributed by atoms with Gasteiger partial charge < -0.3 is 5.73 Å². The van der Waals surface area contributed by atoms with Gasteiger partial charge in [0.25, 0.3) is 5.69 Å². The second-order valence-corrected chi connectivity index (χ2v) is 3.17. The second kappa shape index (κ2) is 4.96. The molecular formula is C10H9F3N2O2. The minimum Gasteiger partial charge on any atom is -0.327 e. The predicted octanol–water partition coefficient (Wildman–Crippen LogP) is 2.59. The van der Waals surface area contributed by atoms with E-state index >= 15 is 0 Å². The molecule has 0 radical (unpaired) electrons. The third-order valence-electron chi connectivity index (χ3n) is 1.99. The van der Waals surface area contributed by atoms with E-state index in [2.05, 4.69) is 0 Å². The molecule has 0 atom stereocenters. The van der Waals surface area contributed by atoms with Crippen LogP contribution in [0.15, 0.2) is 24.3 Å². The molecule has 0 saturated carbocycles. The van der Waals surface area contributed by atoms with Gasteiger partial charge in [-0.05, 0) is 12.1 Å². The van der Waals surface area contributed by atoms with Crippen molar-refractivity contribution in [1.29, 1.82) is 0 Å². The van der Waals surface area contributed by atoms with Crippen LogP contribution in [-0.2, 0) is 6.18 Å². The van der Waals surface area contributed by atoms with Crippen LogP contribution >= 0.6 is 0 Å². The largest absolute Gasteiger partial charge is 0.416 e. The molecule has 0 amide bonds. The Morgan fingerprint density at radius 2 is 2.06 bits per heavy atom. The lowest BCUT2D eigenvalue weighted by atomic mass is 10.1. The van der Waals surface area contributed by atoms with Gasteiger partial charge in [-0.3, -0.25) is 10.1 Å². The molecule has 17 heavy (non-hydrogen) atoms. The van der Waals surface area contributed by atoms with E-state index in [9.17, 15) is 23.3 Å². The van der Waals surface area contributed by atoms with Crippen molar-refractivity contribution in [3.05, 3.63) is 45.5 Å². The fourth-order valence-corrected chi connectivity index (χ4v) is 1.21. The van der Waals surface area contributed by atoms with Crippen LogP contribution in [-0.4, -0.2) is 11.5 Å². The summed E-state index contributed by atoms with van der Waals surface area (Å²) >= 11 is 0. The Morgan fingerprint density at radius 1 is 1.41 bits per heavy atom. The lowest BCUT2D eigenvalue weighted by molar-refractivity contribution is -0.385. The molecule has 0 unspecified atom stereocenters. The first-order chi connectivity index (χ1) is 7.86. The number of nitro groups is 1. The second-order valence-electron chi connectivity index (χ2n) is 3.17. The van der Waals surface area contributed by atoms with Crippen molar-refractivity contribution < 1.29 is 18.1 Å². The lowest BCUT2D eigenvalue weighted by Crippen LogP contribution is -2.06. The number of nitrogens with zero attached hydrogens (tertiary/aromatic N) is 1. The van der Waals surface area contributed by atoms with E-state index in [0.717, 1.165) is 12.1 Å². The number of nitro benzene ring substituents is 1. The average molecular weight is 246 g/mol. The Balaban J connectivity index is 3.27. The lowest BCUT2D eigenvalue weighted by Gasteiger charge is -2.07. The molecule has 1 aromatic carbocycles. The SMILES string of the molecule is NCC=Cc1ccc(C(F)(F)F)cc1[N+](=O)[O-]. The minimum atomic E-state index is -4.60. The van der Waals surface area contributed by atoms with Crippen LogP contribution in [0.1, 0.15) is 11.1 Å². The maximum absolute atomic E-state index is 12.4. The van der Waals surface area contributed by atoms with Crippen LogP contribution in [0, 0.1) is 10.1 Å². The summed E-state index contributed by atoms with van der Waals surface area (Å²) in [5, 5.41) is 10.6. The Labute approximate surface area is 94.7 Å². The van der Waals surface area contributed by atoms with Gasteiger partial charge in [-0.1, -0.05) is 12.2 Å². The Kier molecular flexibility index (Phi) is 3.84. The Morgan fingerprint density at radius 3 is 2.53 bits per heavy atom. The summed E-state index contributed by atoms with van der Waals surface area (Å²) in [6.45, 7) is 0.151. The molecule has 7 heteroatoms. The molecule has 1 rings (SSSR count). The van der Waals surface area contributed by atoms with Crippen molar-refractivity contribution in [3.63, 3.8) is 0 Å². The van der Waals surface area contributed by atoms with E-state index in [1.165, 1.54) is 12.2 Å². The highest BCUT2D eigenvalue weighted by Crippen LogP contribution is 2.33. The Bertz CT molecular complexity index is 455. The molecular weight excluding hydrogens is 237 g/mol. The summed E-state index contributed by atoms with van der Waals surface area (Å²) in [6.07, 6.45) is -1.85. The van der Waals surface area contributed by atoms with Gasteiger partial charge in [0.05, 0.1) is 16.1 Å². The highest BCUT2D eigenvalue weighted by molar-refractivity contribution is 5.62. The fourth-order valence-electron chi connectivity index (χ4n) is 1.21. The topological polar surface area (TPSA) is 69.2 Å². The predicted molar refractivity (Wildman–Crippen MR) is 56.2 cm³/mol. The first kappa shape index (κ1) is 13.2. The zero-order chi connectivity index (χ0) is 13.1. The highest BCUT2D eigenvalue weighted by Gasteiger charge is 2.32. The average Bonchev–Trinajstić information content (AvgIpc) is 2.24. The van der Waals surface area contributed by atoms with Gasteiger partial charge in [-0.2, -0.15) is 13.2 Å². The molecule has 0 bridgehead atoms. The summed E-state index contributed by atoms with van der Waals surface area (Å²) in [6, 6.07) is 2.35. The zero-order valence-electron chi connectivity index (χ0n) is 8.57. The number of halogens is 3. The number of alkyl halides is 3. The van der Waals surface area contributed by atoms with E-state index in [1.807, 2.05) is 0 Å². The van der Waals surface area contributed by atoms with Gasteiger partial charge in [0.1, 0.15) is 0 Å². The normalized spacial score (nSPS) is 12.0. The van der Waals surface area contributed by atoms with Crippen LogP contribution in [0.25, 0.3) is 6.08 Å². The van der Waals surface area contributed by atoms with Crippen molar-refractivity contribution in [1.82, 2.24) is 0 Å². The number of rotatable bonds is 3. The molecule has 0 aliphatic carbocycles. The summed E-state index contributed by atoms with van der Waals surface area (Å²) in [7, 11) is 0. The summed E-state index contributed by atoms with van der Waals surface area (Å²) in [4.78, 5) is 9.78. The number of benzene rings is 1. The molecule has 0 spiro atoms. The molecule has 0 heterocycles. The van der Waals surface area contributed by atoms with Crippen LogP contribution in [0.5, 0.6) is 0 Å². The van der Waals surface area contributed by atoms with E-state index in [-0.39, 0.29) is 12.1 Å². The standard InChI is InChI=1S/C10H9F3N2O2/c11-10(12,13)8-4-3-7(2-1-5-14)9(6-8)15(16)17/h1-4,6H,5,14H2. The summed E-state index contributed by atoms with van der Waals surface area (Å²) < 4.78 is 37.1. The van der Waals surface area contributed by atoms with Crippen molar-refractivity contribution >= 4 is 11.8 Å². The van der Waals surface area contributed by atoms with E-state index in [1.54, 1.807) is 0 Å². The molecule has 4 nitrogen and oxygen atoms in total. The molecule has 1 aromatic rings. The summed E-state index contributed by atoms with van der Waals surface area (Å²) in [5.41, 5.74) is 3.62. The minimum absolute atomic E-state index is 0.0912. The zero-order valence-corrected chi connectivity index (χ0v) is 8.57. The van der Waals surface area contributed by atoms with Crippen molar-refractivity contribution in [2.24, 2.45) is 5.73 Å². The van der Waals surface area contributed by atoms with E-state index in [4.69, 9.17) is 5.73 Å². The smallest absolute Gasteiger partial charge is 0.327 e. The number of hydrogen-bond acceptors (Lipinski definition) is 3. The van der Waals surface area contributed by atoms with Crippen LogP contribution in [0.4, 0.5) is 18.9 Å². The van der Waals surface area contributed by atoms with Gasteiger partial charge in [0.2, 0.25) is 0 Å². The van der Waals surface area contributed by atoms with E-state index < -0.39 is 22.4 Å². The first-order valence-corrected chi connectivity index (χ1v) is 4.58. The first-order valence-electron chi connectivity index (χ1n) is 4.58. The summed E-state index contributed by atoms with van der Waals surface area (Å²) in [5.74, 6) is 0. The van der Waals surface area contributed by atoms with Gasteiger partial charge in [-0.15, -0.1) is 0 Å². The van der Waals surface area contributed by atoms with Gasteiger partial charge in [-0.25, -0.2) is 0 Å². The quantitative estimate of drug-likeness (QED) is 0.658. The van der Waals surface area contributed by atoms with Gasteiger partial charge in [0, 0.05) is 12.6 Å². The monoisotopic (exact) mass is 246 g/mol. The van der Waals surface area contributed by atoms with Crippen molar-refractivity contribution in [3.8, 4) is 0 Å². The van der Waals surface area contributed by atoms with Crippen molar-refractivity contribution in [2.75, 3.05) is 6.54 Å². The van der Waals surface area contributed by atoms with Gasteiger partial charge in [0.15, 0.2) is 0 Å². The third kappa shape index (κ3) is 3.28. The maximum atomic E-state index is 12.4. The molecule has 2 N–H and O–H groups in total. The van der Waals surface area contributed by atoms with Gasteiger partial charge >= 0.3 is 6.18 Å². The molecule has 0 fully saturated rings. The third-order valence-corrected chi connectivity index (χ3v) is 1.99. The van der Waals surface area contributed by atoms with Crippen LogP contribution < -0.4 is 5.73 Å². The molecule has 92 valence electrons. The van der Waals surface area contributed by atoms with Crippen LogP contribution in [0.2, 0.25) is 0 Å². The molecule has 0 aromatic heterocycles. The maximum Gasteiger partial charge on any atom is 0.416 e. The fraction of sp³-hybridized carbons (Fsp3) is 0.200.